The molecule has 3 nitrogen and oxygen atoms in total. The molecule has 0 radical (unpaired) electrons. The average molecular weight is 271 g/mol. The van der Waals surface area contributed by atoms with Crippen LogP contribution in [0.3, 0.4) is 0 Å². The molecule has 0 aliphatic rings. The normalized spacial score (nSPS) is 12.9. The standard InChI is InChI=1S/C14H19F2NO2/c1-3-17(8-10(2)14(18)19)9-11-5-4-6-12(7-11)13(15)16/h4-7,10,13H,3,8-9H2,1-2H3,(H,18,19). The SMILES string of the molecule is CCN(Cc1cccc(C(F)F)c1)CC(C)C(=O)O. The minimum Gasteiger partial charge on any atom is -0.481 e. The highest BCUT2D eigenvalue weighted by atomic mass is 19.3. The van der Waals surface area contributed by atoms with E-state index >= 15 is 0 Å². The minimum absolute atomic E-state index is 0.000152. The molecule has 1 rings (SSSR count). The topological polar surface area (TPSA) is 40.5 Å². The molecule has 106 valence electrons. The molecule has 1 N–H and O–H groups in total. The molecule has 1 aromatic carbocycles. The Labute approximate surface area is 111 Å². The summed E-state index contributed by atoms with van der Waals surface area (Å²) in [5.41, 5.74) is 0.775. The van der Waals surface area contributed by atoms with E-state index < -0.39 is 18.3 Å². The summed E-state index contributed by atoms with van der Waals surface area (Å²) >= 11 is 0. The van der Waals surface area contributed by atoms with E-state index in [-0.39, 0.29) is 5.56 Å². The zero-order valence-corrected chi connectivity index (χ0v) is 11.1. The monoisotopic (exact) mass is 271 g/mol. The molecular weight excluding hydrogens is 252 g/mol. The Morgan fingerprint density at radius 3 is 2.63 bits per heavy atom. The van der Waals surface area contributed by atoms with Crippen molar-refractivity contribution in [3.63, 3.8) is 0 Å². The van der Waals surface area contributed by atoms with Crippen LogP contribution in [-0.2, 0) is 11.3 Å². The molecule has 0 bridgehead atoms. The first-order valence-electron chi connectivity index (χ1n) is 6.26. The van der Waals surface area contributed by atoms with Crippen LogP contribution >= 0.6 is 0 Å². The third-order valence-electron chi connectivity index (χ3n) is 3.01. The fourth-order valence-corrected chi connectivity index (χ4v) is 1.86. The number of benzene rings is 1. The number of rotatable bonds is 7. The van der Waals surface area contributed by atoms with Gasteiger partial charge in [-0.05, 0) is 18.2 Å². The largest absolute Gasteiger partial charge is 0.481 e. The van der Waals surface area contributed by atoms with Gasteiger partial charge in [0.2, 0.25) is 0 Å². The molecule has 0 saturated heterocycles. The first-order chi connectivity index (χ1) is 8.93. The van der Waals surface area contributed by atoms with Gasteiger partial charge in [0.15, 0.2) is 0 Å². The van der Waals surface area contributed by atoms with Gasteiger partial charge in [0.1, 0.15) is 0 Å². The van der Waals surface area contributed by atoms with Crippen molar-refractivity contribution in [2.45, 2.75) is 26.8 Å². The molecule has 0 spiro atoms. The molecule has 0 fully saturated rings. The van der Waals surface area contributed by atoms with Crippen molar-refractivity contribution in [3.05, 3.63) is 35.4 Å². The molecule has 1 atom stereocenters. The first kappa shape index (κ1) is 15.6. The quantitative estimate of drug-likeness (QED) is 0.828. The molecule has 5 heteroatoms. The van der Waals surface area contributed by atoms with Crippen LogP contribution in [0.4, 0.5) is 8.78 Å². The molecule has 0 aliphatic heterocycles. The van der Waals surface area contributed by atoms with E-state index in [4.69, 9.17) is 5.11 Å². The molecule has 0 heterocycles. The van der Waals surface area contributed by atoms with E-state index in [1.807, 2.05) is 11.8 Å². The molecule has 0 aromatic heterocycles. The Morgan fingerprint density at radius 2 is 2.11 bits per heavy atom. The maximum absolute atomic E-state index is 12.6. The van der Waals surface area contributed by atoms with Crippen LogP contribution in [0.15, 0.2) is 24.3 Å². The highest BCUT2D eigenvalue weighted by Gasteiger charge is 2.16. The van der Waals surface area contributed by atoms with Crippen molar-refractivity contribution in [3.8, 4) is 0 Å². The first-order valence-corrected chi connectivity index (χ1v) is 6.26. The van der Waals surface area contributed by atoms with Crippen LogP contribution in [0.2, 0.25) is 0 Å². The second-order valence-corrected chi connectivity index (χ2v) is 4.61. The number of halogens is 2. The molecular formula is C14H19F2NO2. The molecule has 0 saturated carbocycles. The lowest BCUT2D eigenvalue weighted by molar-refractivity contribution is -0.141. The number of carbonyl (C=O) groups is 1. The van der Waals surface area contributed by atoms with Crippen molar-refractivity contribution < 1.29 is 18.7 Å². The lowest BCUT2D eigenvalue weighted by Crippen LogP contribution is -2.31. The number of nitrogens with zero attached hydrogens (tertiary/aromatic N) is 1. The van der Waals surface area contributed by atoms with Crippen molar-refractivity contribution in [2.75, 3.05) is 13.1 Å². The van der Waals surface area contributed by atoms with Crippen LogP contribution in [0.1, 0.15) is 31.4 Å². The van der Waals surface area contributed by atoms with Crippen LogP contribution in [0.5, 0.6) is 0 Å². The molecule has 0 amide bonds. The minimum atomic E-state index is -2.48. The van der Waals surface area contributed by atoms with E-state index in [1.165, 1.54) is 12.1 Å². The predicted octanol–water partition coefficient (Wildman–Crippen LogP) is 3.17. The molecule has 1 unspecified atom stereocenters. The molecule has 19 heavy (non-hydrogen) atoms. The van der Waals surface area contributed by atoms with Gasteiger partial charge in [-0.3, -0.25) is 9.69 Å². The number of aliphatic carboxylic acids is 1. The van der Waals surface area contributed by atoms with E-state index in [0.29, 0.717) is 19.6 Å². The second-order valence-electron chi connectivity index (χ2n) is 4.61. The Balaban J connectivity index is 2.70. The van der Waals surface area contributed by atoms with Crippen LogP contribution < -0.4 is 0 Å². The van der Waals surface area contributed by atoms with Crippen LogP contribution in [0, 0.1) is 5.92 Å². The van der Waals surface area contributed by atoms with Gasteiger partial charge in [-0.2, -0.15) is 0 Å². The van der Waals surface area contributed by atoms with E-state index in [9.17, 15) is 13.6 Å². The van der Waals surface area contributed by atoms with Gasteiger partial charge in [-0.25, -0.2) is 8.78 Å². The summed E-state index contributed by atoms with van der Waals surface area (Å²) in [6, 6.07) is 6.24. The smallest absolute Gasteiger partial charge is 0.307 e. The summed E-state index contributed by atoms with van der Waals surface area (Å²) in [4.78, 5) is 12.8. The van der Waals surface area contributed by atoms with Crippen LogP contribution in [0.25, 0.3) is 0 Å². The Bertz CT molecular complexity index is 424. The molecule has 0 aliphatic carbocycles. The van der Waals surface area contributed by atoms with E-state index in [0.717, 1.165) is 5.56 Å². The number of hydrogen-bond acceptors (Lipinski definition) is 2. The highest BCUT2D eigenvalue weighted by molar-refractivity contribution is 5.69. The summed E-state index contributed by atoms with van der Waals surface area (Å²) in [5.74, 6) is -1.32. The zero-order valence-electron chi connectivity index (χ0n) is 11.1. The Kier molecular flexibility index (Phi) is 5.89. The summed E-state index contributed by atoms with van der Waals surface area (Å²) in [5, 5.41) is 8.88. The summed E-state index contributed by atoms with van der Waals surface area (Å²) < 4.78 is 25.2. The number of alkyl halides is 2. The fraction of sp³-hybridized carbons (Fsp3) is 0.500. The van der Waals surface area contributed by atoms with Gasteiger partial charge in [0.05, 0.1) is 5.92 Å². The van der Waals surface area contributed by atoms with Gasteiger partial charge in [-0.15, -0.1) is 0 Å². The lowest BCUT2D eigenvalue weighted by Gasteiger charge is -2.22. The maximum atomic E-state index is 12.6. The summed E-state index contributed by atoms with van der Waals surface area (Å²) in [6.07, 6.45) is -2.48. The van der Waals surface area contributed by atoms with E-state index in [1.54, 1.807) is 19.1 Å². The van der Waals surface area contributed by atoms with Gasteiger partial charge >= 0.3 is 5.97 Å². The third-order valence-corrected chi connectivity index (χ3v) is 3.01. The fourth-order valence-electron chi connectivity index (χ4n) is 1.86. The van der Waals surface area contributed by atoms with Crippen molar-refractivity contribution in [1.82, 2.24) is 4.90 Å². The van der Waals surface area contributed by atoms with Gasteiger partial charge in [0, 0.05) is 18.7 Å². The highest BCUT2D eigenvalue weighted by Crippen LogP contribution is 2.20. The maximum Gasteiger partial charge on any atom is 0.307 e. The molecule has 1 aromatic rings. The number of hydrogen-bond donors (Lipinski definition) is 1. The summed E-state index contributed by atoms with van der Waals surface area (Å²) in [6.45, 7) is 5.13. The Hall–Kier alpha value is -1.49. The lowest BCUT2D eigenvalue weighted by atomic mass is 10.1. The van der Waals surface area contributed by atoms with Gasteiger partial charge in [-0.1, -0.05) is 32.0 Å². The van der Waals surface area contributed by atoms with Crippen LogP contribution in [-0.4, -0.2) is 29.1 Å². The summed E-state index contributed by atoms with van der Waals surface area (Å²) in [7, 11) is 0. The Morgan fingerprint density at radius 1 is 1.42 bits per heavy atom. The average Bonchev–Trinajstić information content (AvgIpc) is 2.37. The van der Waals surface area contributed by atoms with Crippen molar-refractivity contribution in [2.24, 2.45) is 5.92 Å². The van der Waals surface area contributed by atoms with Gasteiger partial charge < -0.3 is 5.11 Å². The van der Waals surface area contributed by atoms with Gasteiger partial charge in [0.25, 0.3) is 6.43 Å². The number of carboxylic acids is 1. The van der Waals surface area contributed by atoms with E-state index in [2.05, 4.69) is 0 Å². The third kappa shape index (κ3) is 4.95. The van der Waals surface area contributed by atoms with Crippen molar-refractivity contribution >= 4 is 5.97 Å². The number of carboxylic acid groups (broad SMARTS) is 1. The van der Waals surface area contributed by atoms with Crippen molar-refractivity contribution in [1.29, 1.82) is 0 Å². The predicted molar refractivity (Wildman–Crippen MR) is 69.1 cm³/mol. The zero-order chi connectivity index (χ0) is 14.4. The second kappa shape index (κ2) is 7.19.